The highest BCUT2D eigenvalue weighted by Crippen LogP contribution is 2.35. The molecule has 0 bridgehead atoms. The Morgan fingerprint density at radius 3 is 2.95 bits per heavy atom. The number of aliphatic hydroxyl groups excluding tert-OH is 1. The van der Waals surface area contributed by atoms with Crippen LogP contribution in [-0.4, -0.2) is 11.0 Å². The van der Waals surface area contributed by atoms with Crippen LogP contribution in [0.15, 0.2) is 36.4 Å². The normalized spacial score (nSPS) is 12.9. The van der Waals surface area contributed by atoms with E-state index in [1.807, 2.05) is 0 Å². The fraction of sp³-hybridized carbons (Fsp3) is 0.133. The Bertz CT molecular complexity index is 683. The molecule has 2 aromatic carbocycles. The molecule has 5 nitrogen and oxygen atoms in total. The highest BCUT2D eigenvalue weighted by atomic mass is 16.5. The Morgan fingerprint density at radius 1 is 1.30 bits per heavy atom. The third-order valence-corrected chi connectivity index (χ3v) is 3.17. The van der Waals surface area contributed by atoms with E-state index in [0.717, 1.165) is 16.8 Å². The molecule has 0 aromatic heterocycles. The summed E-state index contributed by atoms with van der Waals surface area (Å²) < 4.78 is 5.72. The minimum Gasteiger partial charge on any atom is -0.455 e. The molecule has 0 saturated heterocycles. The maximum absolute atomic E-state index is 11.3. The average molecular weight is 270 g/mol. The molecule has 0 fully saturated rings. The first kappa shape index (κ1) is 12.5. The van der Waals surface area contributed by atoms with Crippen molar-refractivity contribution in [2.75, 3.05) is 11.1 Å². The molecule has 0 spiro atoms. The van der Waals surface area contributed by atoms with Crippen LogP contribution in [0.2, 0.25) is 0 Å². The van der Waals surface area contributed by atoms with Crippen molar-refractivity contribution in [1.29, 1.82) is 0 Å². The van der Waals surface area contributed by atoms with Gasteiger partial charge in [0.1, 0.15) is 5.75 Å². The number of nitrogens with two attached hydrogens (primary N) is 1. The van der Waals surface area contributed by atoms with Gasteiger partial charge in [0.05, 0.1) is 18.7 Å². The zero-order valence-electron chi connectivity index (χ0n) is 10.7. The van der Waals surface area contributed by atoms with Crippen LogP contribution in [0.25, 0.3) is 0 Å². The SMILES string of the molecule is Nc1cc2c(cc1Oc1cccc(CO)c1)NC(=O)C2. The van der Waals surface area contributed by atoms with E-state index in [4.69, 9.17) is 15.6 Å². The zero-order chi connectivity index (χ0) is 14.1. The summed E-state index contributed by atoms with van der Waals surface area (Å²) in [5.74, 6) is 1.03. The molecule has 0 unspecified atom stereocenters. The van der Waals surface area contributed by atoms with Crippen LogP contribution in [0.4, 0.5) is 11.4 Å². The molecule has 4 N–H and O–H groups in total. The fourth-order valence-electron chi connectivity index (χ4n) is 2.20. The Kier molecular flexibility index (Phi) is 3.04. The van der Waals surface area contributed by atoms with Gasteiger partial charge in [-0.3, -0.25) is 4.79 Å². The van der Waals surface area contributed by atoms with Gasteiger partial charge in [-0.05, 0) is 29.3 Å². The van der Waals surface area contributed by atoms with Crippen LogP contribution in [0.5, 0.6) is 11.5 Å². The zero-order valence-corrected chi connectivity index (χ0v) is 10.7. The van der Waals surface area contributed by atoms with Crippen molar-refractivity contribution in [3.63, 3.8) is 0 Å². The molecule has 2 aromatic rings. The summed E-state index contributed by atoms with van der Waals surface area (Å²) in [6, 6.07) is 10.6. The number of nitrogen functional groups attached to an aromatic ring is 1. The van der Waals surface area contributed by atoms with Crippen molar-refractivity contribution >= 4 is 17.3 Å². The molecule has 1 amide bonds. The van der Waals surface area contributed by atoms with Crippen LogP contribution >= 0.6 is 0 Å². The van der Waals surface area contributed by atoms with E-state index in [1.165, 1.54) is 0 Å². The first-order chi connectivity index (χ1) is 9.65. The third kappa shape index (κ3) is 2.31. The van der Waals surface area contributed by atoms with Crippen LogP contribution in [0, 0.1) is 0 Å². The minimum atomic E-state index is -0.0487. The van der Waals surface area contributed by atoms with Crippen molar-refractivity contribution in [3.05, 3.63) is 47.5 Å². The summed E-state index contributed by atoms with van der Waals surface area (Å²) >= 11 is 0. The Balaban J connectivity index is 1.91. The third-order valence-electron chi connectivity index (χ3n) is 3.17. The van der Waals surface area contributed by atoms with Gasteiger partial charge in [0.2, 0.25) is 5.91 Å². The summed E-state index contributed by atoms with van der Waals surface area (Å²) in [5.41, 5.74) is 8.80. The predicted octanol–water partition coefficient (Wildman–Crippen LogP) is 2.05. The minimum absolute atomic E-state index is 0.0428. The largest absolute Gasteiger partial charge is 0.455 e. The number of amides is 1. The van der Waals surface area contributed by atoms with E-state index in [1.54, 1.807) is 36.4 Å². The van der Waals surface area contributed by atoms with Crippen molar-refractivity contribution < 1.29 is 14.6 Å². The summed E-state index contributed by atoms with van der Waals surface area (Å²) in [4.78, 5) is 11.3. The van der Waals surface area contributed by atoms with Crippen LogP contribution in [0.3, 0.4) is 0 Å². The molecule has 102 valence electrons. The summed E-state index contributed by atoms with van der Waals surface area (Å²) in [7, 11) is 0. The second-order valence-electron chi connectivity index (χ2n) is 4.68. The Labute approximate surface area is 116 Å². The van der Waals surface area contributed by atoms with E-state index in [0.29, 0.717) is 23.6 Å². The first-order valence-electron chi connectivity index (χ1n) is 6.25. The van der Waals surface area contributed by atoms with Gasteiger partial charge in [-0.1, -0.05) is 12.1 Å². The number of fused-ring (bicyclic) bond motifs is 1. The number of rotatable bonds is 3. The second-order valence-corrected chi connectivity index (χ2v) is 4.68. The lowest BCUT2D eigenvalue weighted by molar-refractivity contribution is -0.115. The van der Waals surface area contributed by atoms with E-state index in [-0.39, 0.29) is 12.5 Å². The molecule has 1 heterocycles. The van der Waals surface area contributed by atoms with Gasteiger partial charge in [0.25, 0.3) is 0 Å². The van der Waals surface area contributed by atoms with E-state index in [2.05, 4.69) is 5.32 Å². The van der Waals surface area contributed by atoms with Gasteiger partial charge in [-0.15, -0.1) is 0 Å². The lowest BCUT2D eigenvalue weighted by atomic mass is 10.1. The molecule has 5 heteroatoms. The van der Waals surface area contributed by atoms with Gasteiger partial charge in [-0.2, -0.15) is 0 Å². The second kappa shape index (κ2) is 4.86. The number of carbonyl (C=O) groups excluding carboxylic acids is 1. The van der Waals surface area contributed by atoms with Crippen LogP contribution in [0.1, 0.15) is 11.1 Å². The molecule has 1 aliphatic heterocycles. The summed E-state index contributed by atoms with van der Waals surface area (Å²) in [6.07, 6.45) is 0.347. The maximum Gasteiger partial charge on any atom is 0.228 e. The fourth-order valence-corrected chi connectivity index (χ4v) is 2.20. The highest BCUT2D eigenvalue weighted by Gasteiger charge is 2.20. The number of hydrogen-bond donors (Lipinski definition) is 3. The van der Waals surface area contributed by atoms with Gasteiger partial charge < -0.3 is 20.9 Å². The van der Waals surface area contributed by atoms with Crippen molar-refractivity contribution in [3.8, 4) is 11.5 Å². The highest BCUT2D eigenvalue weighted by molar-refractivity contribution is 6.00. The van der Waals surface area contributed by atoms with Crippen molar-refractivity contribution in [1.82, 2.24) is 0 Å². The van der Waals surface area contributed by atoms with E-state index < -0.39 is 0 Å². The number of benzene rings is 2. The van der Waals surface area contributed by atoms with E-state index in [9.17, 15) is 4.79 Å². The summed E-state index contributed by atoms with van der Waals surface area (Å²) in [5, 5.41) is 11.9. The molecule has 0 saturated carbocycles. The number of anilines is 2. The first-order valence-corrected chi connectivity index (χ1v) is 6.25. The van der Waals surface area contributed by atoms with Crippen molar-refractivity contribution in [2.24, 2.45) is 0 Å². The van der Waals surface area contributed by atoms with Gasteiger partial charge >= 0.3 is 0 Å². The molecule has 0 aliphatic carbocycles. The number of carbonyl (C=O) groups is 1. The molecule has 0 radical (unpaired) electrons. The predicted molar refractivity (Wildman–Crippen MR) is 75.6 cm³/mol. The molecule has 1 aliphatic rings. The lowest BCUT2D eigenvalue weighted by Gasteiger charge is -2.11. The maximum atomic E-state index is 11.3. The molecular formula is C15H14N2O3. The number of hydrogen-bond acceptors (Lipinski definition) is 4. The average Bonchev–Trinajstić information content (AvgIpc) is 2.78. The monoisotopic (exact) mass is 270 g/mol. The van der Waals surface area contributed by atoms with E-state index >= 15 is 0 Å². The van der Waals surface area contributed by atoms with Gasteiger partial charge in [0, 0.05) is 11.8 Å². The summed E-state index contributed by atoms with van der Waals surface area (Å²) in [6.45, 7) is -0.0487. The molecule has 0 atom stereocenters. The van der Waals surface area contributed by atoms with Gasteiger partial charge in [-0.25, -0.2) is 0 Å². The standard InChI is InChI=1S/C15H14N2O3/c16-12-5-10-6-15(19)17-13(10)7-14(12)20-11-3-1-2-9(4-11)8-18/h1-5,7,18H,6,8,16H2,(H,17,19). The lowest BCUT2D eigenvalue weighted by Crippen LogP contribution is -2.03. The quantitative estimate of drug-likeness (QED) is 0.745. The topological polar surface area (TPSA) is 84.6 Å². The smallest absolute Gasteiger partial charge is 0.228 e. The number of aliphatic hydroxyl groups is 1. The molecular weight excluding hydrogens is 256 g/mol. The number of ether oxygens (including phenoxy) is 1. The van der Waals surface area contributed by atoms with Crippen molar-refractivity contribution in [2.45, 2.75) is 13.0 Å². The number of nitrogens with one attached hydrogen (secondary N) is 1. The molecule has 20 heavy (non-hydrogen) atoms. The van der Waals surface area contributed by atoms with Crippen LogP contribution < -0.4 is 15.8 Å². The van der Waals surface area contributed by atoms with Gasteiger partial charge in [0.15, 0.2) is 5.75 Å². The Hall–Kier alpha value is -2.53. The Morgan fingerprint density at radius 2 is 2.15 bits per heavy atom. The molecule has 3 rings (SSSR count). The van der Waals surface area contributed by atoms with Crippen LogP contribution in [-0.2, 0) is 17.8 Å².